The van der Waals surface area contributed by atoms with E-state index in [0.29, 0.717) is 11.1 Å². The van der Waals surface area contributed by atoms with Crippen molar-refractivity contribution in [3.05, 3.63) is 63.1 Å². The first-order chi connectivity index (χ1) is 15.3. The molecule has 4 rings (SSSR count). The number of thioether (sulfide) groups is 1. The fourth-order valence-electron chi connectivity index (χ4n) is 3.86. The lowest BCUT2D eigenvalue weighted by atomic mass is 9.92. The smallest absolute Gasteiger partial charge is 0.426 e. The Morgan fingerprint density at radius 2 is 1.79 bits per heavy atom. The summed E-state index contributed by atoms with van der Waals surface area (Å²) < 4.78 is 47.6. The molecule has 2 fully saturated rings. The maximum Gasteiger partial charge on any atom is 0.434 e. The van der Waals surface area contributed by atoms with Gasteiger partial charge in [0.1, 0.15) is 0 Å². The third-order valence-corrected chi connectivity index (χ3v) is 7.79. The van der Waals surface area contributed by atoms with Crippen LogP contribution in [-0.4, -0.2) is 41.8 Å². The van der Waals surface area contributed by atoms with Crippen molar-refractivity contribution >= 4 is 52.7 Å². The Labute approximate surface area is 202 Å². The second-order valence-electron chi connectivity index (χ2n) is 8.44. The molecule has 1 N–H and O–H groups in total. The highest BCUT2D eigenvalue weighted by Gasteiger charge is 2.65. The predicted octanol–water partition coefficient (Wildman–Crippen LogP) is 5.95. The van der Waals surface area contributed by atoms with Gasteiger partial charge in [-0.3, -0.25) is 9.69 Å². The number of hydrogen-bond donors (Lipinski definition) is 1. The van der Waals surface area contributed by atoms with Crippen molar-refractivity contribution < 1.29 is 27.5 Å². The summed E-state index contributed by atoms with van der Waals surface area (Å²) in [4.78, 5) is 26.1. The molecule has 1 unspecified atom stereocenters. The third-order valence-electron chi connectivity index (χ3n) is 5.67. The zero-order valence-electron chi connectivity index (χ0n) is 17.6. The van der Waals surface area contributed by atoms with E-state index in [-0.39, 0.29) is 32.7 Å². The zero-order valence-corrected chi connectivity index (χ0v) is 19.9. The molecule has 2 aromatic carbocycles. The van der Waals surface area contributed by atoms with Gasteiger partial charge in [-0.05, 0) is 55.8 Å². The Balaban J connectivity index is 1.65. The van der Waals surface area contributed by atoms with Crippen LogP contribution in [0.15, 0.2) is 36.4 Å². The van der Waals surface area contributed by atoms with Gasteiger partial charge in [0.05, 0.1) is 12.1 Å². The predicted molar refractivity (Wildman–Crippen MR) is 122 cm³/mol. The molecule has 176 valence electrons. The Bertz CT molecular complexity index is 1120. The number of rotatable bonds is 4. The van der Waals surface area contributed by atoms with Crippen LogP contribution in [0.1, 0.15) is 28.4 Å². The zero-order chi connectivity index (χ0) is 24.2. The molecule has 0 bridgehead atoms. The quantitative estimate of drug-likeness (QED) is 0.543. The lowest BCUT2D eigenvalue weighted by Crippen LogP contribution is -2.55. The first kappa shape index (κ1) is 24.0. The van der Waals surface area contributed by atoms with Gasteiger partial charge in [0.2, 0.25) is 0 Å². The maximum absolute atomic E-state index is 14.2. The van der Waals surface area contributed by atoms with Crippen molar-refractivity contribution in [2.24, 2.45) is 0 Å². The van der Waals surface area contributed by atoms with E-state index in [4.69, 9.17) is 27.9 Å². The number of nitrogens with zero attached hydrogens (tertiary/aromatic N) is 1. The van der Waals surface area contributed by atoms with Crippen LogP contribution in [0.25, 0.3) is 0 Å². The first-order valence-corrected chi connectivity index (χ1v) is 11.8. The Kier molecular flexibility index (Phi) is 6.04. The molecular weight excluding hydrogens is 500 g/mol. The summed E-state index contributed by atoms with van der Waals surface area (Å²) in [5.74, 6) is 1.34. The minimum absolute atomic E-state index is 0.0135. The first-order valence-electron chi connectivity index (χ1n) is 9.88. The Morgan fingerprint density at radius 3 is 2.30 bits per heavy atom. The summed E-state index contributed by atoms with van der Waals surface area (Å²) in [5.41, 5.74) is -2.52. The summed E-state index contributed by atoms with van der Waals surface area (Å²) in [6.07, 6.45) is -6.10. The fourth-order valence-corrected chi connectivity index (χ4v) is 5.35. The van der Waals surface area contributed by atoms with Crippen molar-refractivity contribution in [1.29, 1.82) is 0 Å². The average molecular weight is 519 g/mol. The average Bonchev–Trinajstić information content (AvgIpc) is 3.04. The number of alkyl halides is 3. The van der Waals surface area contributed by atoms with Crippen LogP contribution in [0.4, 0.5) is 23.7 Å². The van der Waals surface area contributed by atoms with Crippen LogP contribution in [0.2, 0.25) is 10.0 Å². The molecule has 2 amide bonds. The number of ether oxygens (including phenoxy) is 1. The number of halogens is 5. The Morgan fingerprint density at radius 1 is 1.15 bits per heavy atom. The van der Waals surface area contributed by atoms with Gasteiger partial charge >= 0.3 is 12.3 Å². The van der Waals surface area contributed by atoms with Crippen LogP contribution >= 0.6 is 35.0 Å². The second kappa shape index (κ2) is 8.29. The van der Waals surface area contributed by atoms with Crippen molar-refractivity contribution in [2.75, 3.05) is 23.0 Å². The fraction of sp³-hybridized carbons (Fsp3) is 0.364. The molecule has 0 aromatic heterocycles. The summed E-state index contributed by atoms with van der Waals surface area (Å²) in [6.45, 7) is 2.78. The maximum atomic E-state index is 14.2. The van der Waals surface area contributed by atoms with Gasteiger partial charge in [0.15, 0.2) is 0 Å². The summed E-state index contributed by atoms with van der Waals surface area (Å²) in [7, 11) is 0. The molecule has 2 aliphatic rings. The molecular formula is C22H19Cl2F3N2O3S. The lowest BCUT2D eigenvalue weighted by Gasteiger charge is -2.38. The normalized spacial score (nSPS) is 22.0. The molecule has 0 saturated carbocycles. The van der Waals surface area contributed by atoms with E-state index in [1.54, 1.807) is 18.7 Å². The van der Waals surface area contributed by atoms with Gasteiger partial charge in [-0.25, -0.2) is 4.79 Å². The highest BCUT2D eigenvalue weighted by molar-refractivity contribution is 8.00. The van der Waals surface area contributed by atoms with Gasteiger partial charge in [-0.2, -0.15) is 24.9 Å². The van der Waals surface area contributed by atoms with Crippen molar-refractivity contribution in [1.82, 2.24) is 5.32 Å². The Hall–Kier alpha value is -2.10. The molecule has 2 heterocycles. The van der Waals surface area contributed by atoms with Crippen LogP contribution in [0.3, 0.4) is 0 Å². The molecule has 1 atom stereocenters. The number of carbonyl (C=O) groups is 2. The van der Waals surface area contributed by atoms with Gasteiger partial charge in [-0.1, -0.05) is 23.2 Å². The minimum atomic E-state index is -4.93. The topological polar surface area (TPSA) is 58.6 Å². The minimum Gasteiger partial charge on any atom is -0.426 e. The van der Waals surface area contributed by atoms with E-state index in [9.17, 15) is 22.8 Å². The van der Waals surface area contributed by atoms with E-state index in [0.717, 1.165) is 28.5 Å². The standard InChI is InChI=1S/C22H19Cl2F3N2O3S/c1-12-5-16(3-4-17(12)18(30)28-20(2)10-33-11-20)29-9-21(22(25,26)27,32-19(29)31)13-6-14(23)8-15(24)7-13/h3-8H,9-11H2,1-2H3,(H,28,30). The van der Waals surface area contributed by atoms with E-state index in [2.05, 4.69) is 5.32 Å². The van der Waals surface area contributed by atoms with Crippen LogP contribution in [-0.2, 0) is 10.3 Å². The SMILES string of the molecule is Cc1cc(N2CC(c3cc(Cl)cc(Cl)c3)(C(F)(F)F)OC2=O)ccc1C(=O)NC1(C)CSC1. The number of carbonyl (C=O) groups excluding carboxylic acids is 2. The molecule has 2 aromatic rings. The van der Waals surface area contributed by atoms with E-state index < -0.39 is 24.4 Å². The number of amides is 2. The molecule has 11 heteroatoms. The summed E-state index contributed by atoms with van der Waals surface area (Å²) in [6, 6.07) is 7.86. The molecule has 0 spiro atoms. The molecule has 5 nitrogen and oxygen atoms in total. The second-order valence-corrected chi connectivity index (χ2v) is 10.3. The molecule has 2 aliphatic heterocycles. The number of cyclic esters (lactones) is 1. The monoisotopic (exact) mass is 518 g/mol. The van der Waals surface area contributed by atoms with Crippen LogP contribution in [0, 0.1) is 6.92 Å². The highest BCUT2D eigenvalue weighted by Crippen LogP contribution is 2.48. The molecule has 0 radical (unpaired) electrons. The molecule has 0 aliphatic carbocycles. The number of nitrogens with one attached hydrogen (secondary N) is 1. The van der Waals surface area contributed by atoms with Crippen LogP contribution < -0.4 is 10.2 Å². The van der Waals surface area contributed by atoms with Crippen LogP contribution in [0.5, 0.6) is 0 Å². The molecule has 33 heavy (non-hydrogen) atoms. The van der Waals surface area contributed by atoms with E-state index in [1.807, 2.05) is 6.92 Å². The highest BCUT2D eigenvalue weighted by atomic mass is 35.5. The van der Waals surface area contributed by atoms with Crippen molar-refractivity contribution in [3.8, 4) is 0 Å². The van der Waals surface area contributed by atoms with Gasteiger partial charge in [0.25, 0.3) is 11.5 Å². The number of hydrogen-bond acceptors (Lipinski definition) is 4. The number of aryl methyl sites for hydroxylation is 1. The summed E-state index contributed by atoms with van der Waals surface area (Å²) >= 11 is 13.6. The van der Waals surface area contributed by atoms with Gasteiger partial charge in [0, 0.05) is 38.4 Å². The van der Waals surface area contributed by atoms with E-state index in [1.165, 1.54) is 24.3 Å². The van der Waals surface area contributed by atoms with Crippen molar-refractivity contribution in [2.45, 2.75) is 31.2 Å². The summed E-state index contributed by atoms with van der Waals surface area (Å²) in [5, 5.41) is 2.95. The lowest BCUT2D eigenvalue weighted by molar-refractivity contribution is -0.250. The number of benzene rings is 2. The van der Waals surface area contributed by atoms with E-state index >= 15 is 0 Å². The van der Waals surface area contributed by atoms with Gasteiger partial charge in [-0.15, -0.1) is 0 Å². The largest absolute Gasteiger partial charge is 0.434 e. The molecule has 2 saturated heterocycles. The van der Waals surface area contributed by atoms with Crippen molar-refractivity contribution in [3.63, 3.8) is 0 Å². The van der Waals surface area contributed by atoms with Gasteiger partial charge < -0.3 is 10.1 Å². The third kappa shape index (κ3) is 4.38. The number of anilines is 1.